The first kappa shape index (κ1) is 13.3. The van der Waals surface area contributed by atoms with Crippen LogP contribution in [-0.4, -0.2) is 75.4 Å². The maximum atomic E-state index is 5.36. The van der Waals surface area contributed by atoms with Gasteiger partial charge in [-0.05, 0) is 39.4 Å². The number of morpholine rings is 1. The van der Waals surface area contributed by atoms with Crippen LogP contribution >= 0.6 is 0 Å². The summed E-state index contributed by atoms with van der Waals surface area (Å²) in [4.78, 5) is 4.98. The van der Waals surface area contributed by atoms with Gasteiger partial charge in [0.2, 0.25) is 0 Å². The van der Waals surface area contributed by atoms with Crippen molar-refractivity contribution >= 4 is 0 Å². The summed E-state index contributed by atoms with van der Waals surface area (Å²) in [5, 5.41) is 3.56. The van der Waals surface area contributed by atoms with Gasteiger partial charge in [0.15, 0.2) is 0 Å². The zero-order valence-electron chi connectivity index (χ0n) is 11.2. The molecule has 2 aliphatic heterocycles. The first-order chi connectivity index (χ1) is 8.34. The minimum atomic E-state index is 0.779. The molecule has 2 fully saturated rings. The van der Waals surface area contributed by atoms with E-state index in [-0.39, 0.29) is 0 Å². The fourth-order valence-corrected chi connectivity index (χ4v) is 2.63. The van der Waals surface area contributed by atoms with E-state index in [1.807, 2.05) is 0 Å². The molecule has 17 heavy (non-hydrogen) atoms. The third-order valence-corrected chi connectivity index (χ3v) is 3.92. The number of likely N-dealkylation sites (N-methyl/N-ethyl adjacent to an activating group) is 1. The molecule has 0 aliphatic carbocycles. The van der Waals surface area contributed by atoms with Gasteiger partial charge in [-0.15, -0.1) is 0 Å². The quantitative estimate of drug-likeness (QED) is 0.728. The molecular weight excluding hydrogens is 214 g/mol. The van der Waals surface area contributed by atoms with E-state index >= 15 is 0 Å². The number of hydrogen-bond donors (Lipinski definition) is 1. The molecule has 1 N–H and O–H groups in total. The topological polar surface area (TPSA) is 27.7 Å². The van der Waals surface area contributed by atoms with Crippen molar-refractivity contribution in [3.8, 4) is 0 Å². The van der Waals surface area contributed by atoms with Crippen molar-refractivity contribution in [2.45, 2.75) is 25.3 Å². The molecule has 2 rings (SSSR count). The van der Waals surface area contributed by atoms with Crippen LogP contribution in [0.2, 0.25) is 0 Å². The SMILES string of the molecule is CN(CCC1CCCN1)CCN1CCOCC1. The molecule has 2 saturated heterocycles. The van der Waals surface area contributed by atoms with Gasteiger partial charge in [-0.2, -0.15) is 0 Å². The molecule has 0 spiro atoms. The van der Waals surface area contributed by atoms with Gasteiger partial charge in [0.1, 0.15) is 0 Å². The van der Waals surface area contributed by atoms with Crippen molar-refractivity contribution in [3.05, 3.63) is 0 Å². The zero-order valence-corrected chi connectivity index (χ0v) is 11.2. The second-order valence-corrected chi connectivity index (χ2v) is 5.34. The van der Waals surface area contributed by atoms with Crippen LogP contribution in [0.3, 0.4) is 0 Å². The van der Waals surface area contributed by atoms with Crippen LogP contribution in [0.15, 0.2) is 0 Å². The van der Waals surface area contributed by atoms with Gasteiger partial charge in [-0.3, -0.25) is 4.90 Å². The first-order valence-electron chi connectivity index (χ1n) is 7.06. The van der Waals surface area contributed by atoms with E-state index in [1.54, 1.807) is 0 Å². The lowest BCUT2D eigenvalue weighted by Crippen LogP contribution is -2.41. The van der Waals surface area contributed by atoms with Crippen LogP contribution in [0.1, 0.15) is 19.3 Å². The Balaban J connectivity index is 1.52. The van der Waals surface area contributed by atoms with Crippen molar-refractivity contribution in [1.29, 1.82) is 0 Å². The summed E-state index contributed by atoms with van der Waals surface area (Å²) in [6.45, 7) is 8.87. The third-order valence-electron chi connectivity index (χ3n) is 3.92. The summed E-state index contributed by atoms with van der Waals surface area (Å²) in [6, 6.07) is 0.779. The van der Waals surface area contributed by atoms with E-state index in [9.17, 15) is 0 Å². The van der Waals surface area contributed by atoms with Crippen molar-refractivity contribution in [1.82, 2.24) is 15.1 Å². The number of hydrogen-bond acceptors (Lipinski definition) is 4. The molecule has 1 atom stereocenters. The normalized spacial score (nSPS) is 26.8. The second-order valence-electron chi connectivity index (χ2n) is 5.34. The molecule has 4 nitrogen and oxygen atoms in total. The highest BCUT2D eigenvalue weighted by molar-refractivity contribution is 4.75. The number of nitrogens with one attached hydrogen (secondary N) is 1. The number of nitrogens with zero attached hydrogens (tertiary/aromatic N) is 2. The standard InChI is InChI=1S/C13H27N3O/c1-15(6-4-13-3-2-5-14-13)7-8-16-9-11-17-12-10-16/h13-14H,2-12H2,1H3. The molecular formula is C13H27N3O. The van der Waals surface area contributed by atoms with Gasteiger partial charge >= 0.3 is 0 Å². The highest BCUT2D eigenvalue weighted by Crippen LogP contribution is 2.08. The summed E-state index contributed by atoms with van der Waals surface area (Å²) in [6.07, 6.45) is 4.04. The molecule has 0 amide bonds. The lowest BCUT2D eigenvalue weighted by molar-refractivity contribution is 0.0344. The Morgan fingerprint density at radius 3 is 2.82 bits per heavy atom. The maximum Gasteiger partial charge on any atom is 0.0594 e. The molecule has 4 heteroatoms. The van der Waals surface area contributed by atoms with Crippen molar-refractivity contribution in [2.24, 2.45) is 0 Å². The first-order valence-corrected chi connectivity index (χ1v) is 7.06. The third kappa shape index (κ3) is 4.92. The van der Waals surface area contributed by atoms with Gasteiger partial charge < -0.3 is 15.0 Å². The zero-order chi connectivity index (χ0) is 11.9. The highest BCUT2D eigenvalue weighted by atomic mass is 16.5. The average molecular weight is 241 g/mol. The van der Waals surface area contributed by atoms with Crippen molar-refractivity contribution in [2.75, 3.05) is 59.5 Å². The Morgan fingerprint density at radius 2 is 2.12 bits per heavy atom. The Hall–Kier alpha value is -0.160. The van der Waals surface area contributed by atoms with E-state index < -0.39 is 0 Å². The van der Waals surface area contributed by atoms with Gasteiger partial charge in [0, 0.05) is 32.2 Å². The Bertz CT molecular complexity index is 201. The molecule has 0 aromatic heterocycles. The molecule has 0 bridgehead atoms. The minimum absolute atomic E-state index is 0.779. The van der Waals surface area contributed by atoms with Crippen LogP contribution in [0.5, 0.6) is 0 Å². The van der Waals surface area contributed by atoms with Crippen LogP contribution in [-0.2, 0) is 4.74 Å². The molecule has 0 radical (unpaired) electrons. The Kier molecular flexibility index (Phi) is 5.71. The average Bonchev–Trinajstić information content (AvgIpc) is 2.88. The van der Waals surface area contributed by atoms with Gasteiger partial charge in [-0.1, -0.05) is 0 Å². The second kappa shape index (κ2) is 7.31. The van der Waals surface area contributed by atoms with Gasteiger partial charge in [0.05, 0.1) is 13.2 Å². The lowest BCUT2D eigenvalue weighted by Gasteiger charge is -2.28. The van der Waals surface area contributed by atoms with E-state index in [0.29, 0.717) is 0 Å². The molecule has 0 aromatic rings. The fourth-order valence-electron chi connectivity index (χ4n) is 2.63. The molecule has 100 valence electrons. The van der Waals surface area contributed by atoms with E-state index in [1.165, 1.54) is 45.4 Å². The predicted octanol–water partition coefficient (Wildman–Crippen LogP) is 0.393. The van der Waals surface area contributed by atoms with E-state index in [4.69, 9.17) is 4.74 Å². The monoisotopic (exact) mass is 241 g/mol. The van der Waals surface area contributed by atoms with Gasteiger partial charge in [-0.25, -0.2) is 0 Å². The summed E-state index contributed by atoms with van der Waals surface area (Å²) < 4.78 is 5.36. The van der Waals surface area contributed by atoms with Crippen molar-refractivity contribution in [3.63, 3.8) is 0 Å². The number of ether oxygens (including phenoxy) is 1. The molecule has 0 aromatic carbocycles. The molecule has 1 unspecified atom stereocenters. The minimum Gasteiger partial charge on any atom is -0.379 e. The summed E-state index contributed by atoms with van der Waals surface area (Å²) in [7, 11) is 2.25. The van der Waals surface area contributed by atoms with Crippen molar-refractivity contribution < 1.29 is 4.74 Å². The smallest absolute Gasteiger partial charge is 0.0594 e. The fraction of sp³-hybridized carbons (Fsp3) is 1.00. The highest BCUT2D eigenvalue weighted by Gasteiger charge is 2.15. The van der Waals surface area contributed by atoms with Crippen LogP contribution in [0, 0.1) is 0 Å². The van der Waals surface area contributed by atoms with E-state index in [0.717, 1.165) is 32.3 Å². The Labute approximate surface area is 105 Å². The van der Waals surface area contributed by atoms with E-state index in [2.05, 4.69) is 22.2 Å². The Morgan fingerprint density at radius 1 is 1.29 bits per heavy atom. The van der Waals surface area contributed by atoms with Crippen LogP contribution < -0.4 is 5.32 Å². The largest absolute Gasteiger partial charge is 0.379 e. The lowest BCUT2D eigenvalue weighted by atomic mass is 10.1. The van der Waals surface area contributed by atoms with Crippen LogP contribution in [0.25, 0.3) is 0 Å². The molecule has 0 saturated carbocycles. The predicted molar refractivity (Wildman–Crippen MR) is 70.4 cm³/mol. The summed E-state index contributed by atoms with van der Waals surface area (Å²) >= 11 is 0. The summed E-state index contributed by atoms with van der Waals surface area (Å²) in [5.41, 5.74) is 0. The molecule has 2 heterocycles. The maximum absolute atomic E-state index is 5.36. The van der Waals surface area contributed by atoms with Gasteiger partial charge in [0.25, 0.3) is 0 Å². The number of rotatable bonds is 6. The van der Waals surface area contributed by atoms with Crippen LogP contribution in [0.4, 0.5) is 0 Å². The summed E-state index contributed by atoms with van der Waals surface area (Å²) in [5.74, 6) is 0. The molecule has 2 aliphatic rings.